The Morgan fingerprint density at radius 1 is 1.35 bits per heavy atom. The monoisotopic (exact) mass is 369 g/mol. The third-order valence-electron chi connectivity index (χ3n) is 3.54. The van der Waals surface area contributed by atoms with E-state index < -0.39 is 0 Å². The van der Waals surface area contributed by atoms with Crippen LogP contribution in [-0.4, -0.2) is 27.7 Å². The van der Waals surface area contributed by atoms with Gasteiger partial charge in [-0.1, -0.05) is 39.6 Å². The van der Waals surface area contributed by atoms with Crippen LogP contribution in [-0.2, 0) is 6.54 Å². The highest BCUT2D eigenvalue weighted by Gasteiger charge is 2.23. The van der Waals surface area contributed by atoms with Crippen LogP contribution in [0.3, 0.4) is 0 Å². The quantitative estimate of drug-likeness (QED) is 0.676. The van der Waals surface area contributed by atoms with E-state index in [-0.39, 0.29) is 5.91 Å². The molecule has 1 amide bonds. The van der Waals surface area contributed by atoms with Crippen LogP contribution in [0, 0.1) is 6.92 Å². The molecule has 0 aliphatic rings. The molecule has 0 aliphatic heterocycles. The molecule has 0 bridgehead atoms. The minimum absolute atomic E-state index is 0.141. The zero-order valence-corrected chi connectivity index (χ0v) is 14.8. The zero-order chi connectivity index (χ0) is 16.6. The van der Waals surface area contributed by atoms with E-state index in [0.717, 1.165) is 10.1 Å². The molecule has 3 aromatic rings. The van der Waals surface area contributed by atoms with Crippen LogP contribution in [0.2, 0.25) is 10.0 Å². The van der Waals surface area contributed by atoms with Crippen LogP contribution in [0.15, 0.2) is 22.8 Å². The highest BCUT2D eigenvalue weighted by atomic mass is 35.5. The van der Waals surface area contributed by atoms with Gasteiger partial charge in [-0.15, -0.1) is 11.3 Å². The number of hydrogen-bond donors (Lipinski definition) is 0. The maximum Gasteiger partial charge on any atom is 0.265 e. The topological polar surface area (TPSA) is 59.2 Å². The summed E-state index contributed by atoms with van der Waals surface area (Å²) in [6.45, 7) is 4.55. The van der Waals surface area contributed by atoms with Crippen LogP contribution < -0.4 is 0 Å². The Balaban J connectivity index is 1.94. The molecule has 0 saturated heterocycles. The number of hydrogen-bond acceptors (Lipinski definition) is 5. The average Bonchev–Trinajstić information content (AvgIpc) is 3.07. The zero-order valence-electron chi connectivity index (χ0n) is 12.5. The molecule has 23 heavy (non-hydrogen) atoms. The second-order valence-electron chi connectivity index (χ2n) is 5.00. The molecule has 5 nitrogen and oxygen atoms in total. The van der Waals surface area contributed by atoms with Gasteiger partial charge in [0.15, 0.2) is 0 Å². The summed E-state index contributed by atoms with van der Waals surface area (Å²) in [6.07, 6.45) is 0. The van der Waals surface area contributed by atoms with Crippen molar-refractivity contribution < 1.29 is 9.42 Å². The number of aryl methyl sites for hydroxylation is 1. The predicted octanol–water partition coefficient (Wildman–Crippen LogP) is 4.56. The molecule has 0 N–H and O–H groups in total. The van der Waals surface area contributed by atoms with Gasteiger partial charge in [-0.3, -0.25) is 4.79 Å². The Morgan fingerprint density at radius 3 is 2.78 bits per heavy atom. The molecule has 0 atom stereocenters. The summed E-state index contributed by atoms with van der Waals surface area (Å²) < 4.78 is 5.57. The van der Waals surface area contributed by atoms with Gasteiger partial charge in [0.2, 0.25) is 0 Å². The van der Waals surface area contributed by atoms with E-state index in [4.69, 9.17) is 23.2 Å². The molecular formula is C15H13Cl2N3O2S. The molecule has 0 radical (unpaired) electrons. The lowest BCUT2D eigenvalue weighted by molar-refractivity contribution is 0.0754. The van der Waals surface area contributed by atoms with Gasteiger partial charge in [-0.05, 0) is 26.0 Å². The van der Waals surface area contributed by atoms with Crippen LogP contribution in [0.4, 0.5) is 0 Å². The maximum atomic E-state index is 12.8. The van der Waals surface area contributed by atoms with Gasteiger partial charge < -0.3 is 4.90 Å². The standard InChI is InChI=1S/C15H13Cl2N3O2S/c1-3-20(7-11-8(2)18-22-19-11)15(21)14-13(17)10-5-4-9(16)6-12(10)23-14/h4-6H,3,7H2,1-2H3. The van der Waals surface area contributed by atoms with Crippen LogP contribution in [0.1, 0.15) is 28.0 Å². The van der Waals surface area contributed by atoms with Crippen molar-refractivity contribution in [2.24, 2.45) is 0 Å². The summed E-state index contributed by atoms with van der Waals surface area (Å²) in [4.78, 5) is 15.0. The lowest BCUT2D eigenvalue weighted by atomic mass is 10.2. The van der Waals surface area contributed by atoms with E-state index in [2.05, 4.69) is 14.9 Å². The number of rotatable bonds is 4. The molecule has 3 rings (SSSR count). The predicted molar refractivity (Wildman–Crippen MR) is 91.3 cm³/mol. The van der Waals surface area contributed by atoms with Gasteiger partial charge >= 0.3 is 0 Å². The molecule has 120 valence electrons. The first-order chi connectivity index (χ1) is 11.0. The van der Waals surface area contributed by atoms with Crippen molar-refractivity contribution in [3.8, 4) is 0 Å². The molecule has 0 fully saturated rings. The summed E-state index contributed by atoms with van der Waals surface area (Å²) in [5.41, 5.74) is 1.31. The number of carbonyl (C=O) groups is 1. The number of halogens is 2. The van der Waals surface area contributed by atoms with Gasteiger partial charge in [-0.2, -0.15) is 0 Å². The molecule has 2 aromatic heterocycles. The number of benzene rings is 1. The maximum absolute atomic E-state index is 12.8. The van der Waals surface area contributed by atoms with E-state index in [9.17, 15) is 4.79 Å². The first-order valence-electron chi connectivity index (χ1n) is 6.96. The first kappa shape index (κ1) is 16.2. The normalized spacial score (nSPS) is 11.1. The molecule has 8 heteroatoms. The summed E-state index contributed by atoms with van der Waals surface area (Å²) in [6, 6.07) is 5.40. The van der Waals surface area contributed by atoms with E-state index in [1.54, 1.807) is 17.9 Å². The van der Waals surface area contributed by atoms with Gasteiger partial charge in [0.25, 0.3) is 5.91 Å². The number of fused-ring (bicyclic) bond motifs is 1. The third-order valence-corrected chi connectivity index (χ3v) is 5.42. The largest absolute Gasteiger partial charge is 0.332 e. The van der Waals surface area contributed by atoms with Crippen LogP contribution in [0.25, 0.3) is 10.1 Å². The lowest BCUT2D eigenvalue weighted by Gasteiger charge is -2.19. The number of amides is 1. The first-order valence-corrected chi connectivity index (χ1v) is 8.53. The summed E-state index contributed by atoms with van der Waals surface area (Å²) >= 11 is 13.7. The Morgan fingerprint density at radius 2 is 2.13 bits per heavy atom. The summed E-state index contributed by atoms with van der Waals surface area (Å²) in [5.74, 6) is -0.141. The van der Waals surface area contributed by atoms with E-state index in [1.165, 1.54) is 11.3 Å². The van der Waals surface area contributed by atoms with Crippen molar-refractivity contribution >= 4 is 50.5 Å². The number of thiophene rings is 1. The van der Waals surface area contributed by atoms with Crippen molar-refractivity contribution in [2.45, 2.75) is 20.4 Å². The Hall–Kier alpha value is -1.63. The molecule has 0 spiro atoms. The fourth-order valence-corrected chi connectivity index (χ4v) is 3.98. The SMILES string of the molecule is CCN(Cc1nonc1C)C(=O)c1sc2cc(Cl)ccc2c1Cl. The van der Waals surface area contributed by atoms with Gasteiger partial charge in [0.1, 0.15) is 16.3 Å². The van der Waals surface area contributed by atoms with Crippen molar-refractivity contribution in [1.29, 1.82) is 0 Å². The Labute approximate surface area is 146 Å². The third kappa shape index (κ3) is 3.06. The van der Waals surface area contributed by atoms with E-state index in [1.807, 2.05) is 19.1 Å². The highest BCUT2D eigenvalue weighted by molar-refractivity contribution is 7.21. The number of aromatic nitrogens is 2. The van der Waals surface area contributed by atoms with E-state index in [0.29, 0.717) is 39.4 Å². The van der Waals surface area contributed by atoms with Gasteiger partial charge in [-0.25, -0.2) is 4.63 Å². The summed E-state index contributed by atoms with van der Waals surface area (Å²) in [7, 11) is 0. The molecular weight excluding hydrogens is 357 g/mol. The minimum atomic E-state index is -0.141. The molecule has 0 unspecified atom stereocenters. The molecule has 1 aromatic carbocycles. The number of carbonyl (C=O) groups excluding carboxylic acids is 1. The number of nitrogens with zero attached hydrogens (tertiary/aromatic N) is 3. The minimum Gasteiger partial charge on any atom is -0.332 e. The fraction of sp³-hybridized carbons (Fsp3) is 0.267. The van der Waals surface area contributed by atoms with Crippen molar-refractivity contribution in [3.63, 3.8) is 0 Å². The fourth-order valence-electron chi connectivity index (χ4n) is 2.22. The second kappa shape index (κ2) is 6.47. The van der Waals surface area contributed by atoms with Crippen molar-refractivity contribution in [3.05, 3.63) is 44.5 Å². The van der Waals surface area contributed by atoms with E-state index >= 15 is 0 Å². The molecule has 2 heterocycles. The van der Waals surface area contributed by atoms with Gasteiger partial charge in [0, 0.05) is 21.7 Å². The lowest BCUT2D eigenvalue weighted by Crippen LogP contribution is -2.30. The molecule has 0 saturated carbocycles. The second-order valence-corrected chi connectivity index (χ2v) is 6.87. The highest BCUT2D eigenvalue weighted by Crippen LogP contribution is 2.37. The van der Waals surface area contributed by atoms with Crippen LogP contribution in [0.5, 0.6) is 0 Å². The molecule has 0 aliphatic carbocycles. The smallest absolute Gasteiger partial charge is 0.265 e. The summed E-state index contributed by atoms with van der Waals surface area (Å²) in [5, 5.41) is 9.47. The Bertz CT molecular complexity index is 875. The van der Waals surface area contributed by atoms with Crippen molar-refractivity contribution in [2.75, 3.05) is 6.54 Å². The average molecular weight is 370 g/mol. The van der Waals surface area contributed by atoms with Crippen molar-refractivity contribution in [1.82, 2.24) is 15.2 Å². The van der Waals surface area contributed by atoms with Crippen LogP contribution >= 0.6 is 34.5 Å². The Kier molecular flexibility index (Phi) is 4.57. The van der Waals surface area contributed by atoms with Gasteiger partial charge in [0.05, 0.1) is 11.6 Å².